The molecule has 0 aliphatic rings. The predicted octanol–water partition coefficient (Wildman–Crippen LogP) is -0.685. The molecule has 0 aromatic rings. The molecule has 0 aromatic heterocycles. The Balaban J connectivity index is 0. The van der Waals surface area contributed by atoms with Crippen LogP contribution in [0, 0.1) is 15.1 Å². The van der Waals surface area contributed by atoms with Crippen LogP contribution in [0.2, 0.25) is 0 Å². The Hall–Kier alpha value is 0.376. The Morgan fingerprint density at radius 3 is 2.33 bits per heavy atom. The van der Waals surface area contributed by atoms with Crippen molar-refractivity contribution in [1.29, 1.82) is 5.26 Å². The molecule has 0 aromatic carbocycles. The molecular formula is CH2FeMgN2O. The topological polar surface area (TPSA) is 53.2 Å². The molecule has 0 bridgehead atoms. The number of nitroso groups, excluding NO2 is 1. The molecule has 5 heteroatoms. The van der Waals surface area contributed by atoms with Gasteiger partial charge in [-0.2, -0.15) is 0 Å². The number of nitrogens with zero attached hydrogens (tertiary/aromatic N) is 2. The Kier molecular flexibility index (Phi) is 14.5. The molecule has 0 amide bonds. The van der Waals surface area contributed by atoms with Crippen LogP contribution in [0.4, 0.5) is 0 Å². The van der Waals surface area contributed by atoms with E-state index in [0.29, 0.717) is 0 Å². The summed E-state index contributed by atoms with van der Waals surface area (Å²) in [7, 11) is 0. The van der Waals surface area contributed by atoms with Crippen LogP contribution in [0.3, 0.4) is 0 Å². The normalized spacial score (nSPS) is 5.17. The molecule has 0 saturated carbocycles. The molecule has 3 nitrogen and oxygen atoms in total. The van der Waals surface area contributed by atoms with E-state index in [4.69, 9.17) is 10.2 Å². The Bertz CT molecular complexity index is 68.4. The molecule has 0 rings (SSSR count). The number of rotatable bonds is 1. The minimum atomic E-state index is -0.236. The molecule has 6 heavy (non-hydrogen) atoms. The fourth-order valence-corrected chi connectivity index (χ4v) is 0.0595. The Morgan fingerprint density at radius 1 is 1.83 bits per heavy atom. The van der Waals surface area contributed by atoms with E-state index in [0.717, 1.165) is 0 Å². The van der Waals surface area contributed by atoms with E-state index in [1.807, 2.05) is 0 Å². The van der Waals surface area contributed by atoms with Gasteiger partial charge in [0.1, 0.15) is 0 Å². The van der Waals surface area contributed by atoms with Gasteiger partial charge in [0, 0.05) is 0 Å². The Labute approximate surface area is 57.6 Å². The fourth-order valence-electron chi connectivity index (χ4n) is 0.0144. The minimum Gasteiger partial charge on any atom is 0.316 e. The van der Waals surface area contributed by atoms with Gasteiger partial charge in [-0.1, -0.05) is 0 Å². The second-order valence-corrected chi connectivity index (χ2v) is 0.918. The van der Waals surface area contributed by atoms with Crippen LogP contribution >= 0.6 is 0 Å². The maximum absolute atomic E-state index is 8.93. The smallest absolute Gasteiger partial charge is 0.316 e. The summed E-state index contributed by atoms with van der Waals surface area (Å²) in [5.41, 5.74) is 0. The van der Waals surface area contributed by atoms with Gasteiger partial charge in [-0.15, -0.1) is 0 Å². The summed E-state index contributed by atoms with van der Waals surface area (Å²) in [4.78, 5) is 10.5. The van der Waals surface area contributed by atoms with Crippen LogP contribution in [0.5, 0.6) is 0 Å². The third-order valence-electron chi connectivity index (χ3n) is 0.0676. The zero-order valence-corrected chi connectivity index (χ0v) is 3.26. The molecule has 0 fully saturated rings. The Morgan fingerprint density at radius 2 is 2.33 bits per heavy atom. The van der Waals surface area contributed by atoms with Gasteiger partial charge in [-0.05, 0) is 0 Å². The number of hydrogen-bond donors (Lipinski definition) is 0. The minimum absolute atomic E-state index is 0. The van der Waals surface area contributed by atoms with Gasteiger partial charge in [0.05, 0.1) is 0 Å². The van der Waals surface area contributed by atoms with Gasteiger partial charge in [0.15, 0.2) is 0 Å². The number of nitriles is 1. The first-order valence-electron chi connectivity index (χ1n) is 0.741. The summed E-state index contributed by atoms with van der Waals surface area (Å²) < 4.78 is 2.24. The van der Waals surface area contributed by atoms with Crippen molar-refractivity contribution < 1.29 is 15.2 Å². The van der Waals surface area contributed by atoms with Crippen molar-refractivity contribution in [2.45, 2.75) is 0 Å². The van der Waals surface area contributed by atoms with Gasteiger partial charge in [0.2, 0.25) is 0 Å². The summed E-state index contributed by atoms with van der Waals surface area (Å²) in [6.07, 6.45) is 0. The molecule has 0 N–H and O–H groups in total. The van der Waals surface area contributed by atoms with E-state index in [9.17, 15) is 0 Å². The van der Waals surface area contributed by atoms with Crippen molar-refractivity contribution in [2.24, 2.45) is 4.19 Å². The standard InChI is InChI=1S/CN.Fe.Mg.NO.2H/c1-2;;;1-2;;/q;+1;;-1;;. The fraction of sp³-hybridized carbons (Fsp3) is 0. The van der Waals surface area contributed by atoms with Crippen LogP contribution in [0.15, 0.2) is 4.19 Å². The van der Waals surface area contributed by atoms with E-state index in [-0.39, 0.29) is 38.2 Å². The van der Waals surface area contributed by atoms with Crippen molar-refractivity contribution in [3.8, 4) is 4.97 Å². The van der Waals surface area contributed by atoms with Gasteiger partial charge in [-0.3, -0.25) is 0 Å². The van der Waals surface area contributed by atoms with E-state index in [2.05, 4.69) is 4.19 Å². The van der Waals surface area contributed by atoms with Crippen LogP contribution in [0.1, 0.15) is 0 Å². The first-order chi connectivity index (χ1) is 2.41. The van der Waals surface area contributed by atoms with Crippen molar-refractivity contribution >= 4 is 23.1 Å². The van der Waals surface area contributed by atoms with Gasteiger partial charge >= 0.3 is 57.6 Å². The van der Waals surface area contributed by atoms with Crippen molar-refractivity contribution in [1.82, 2.24) is 0 Å². The van der Waals surface area contributed by atoms with Gasteiger partial charge in [-0.25, -0.2) is 0 Å². The maximum Gasteiger partial charge on any atom is 0.316 e. The quantitative estimate of drug-likeness (QED) is 0.356. The molecule has 0 aliphatic heterocycles. The molecule has 0 saturated heterocycles. The van der Waals surface area contributed by atoms with Gasteiger partial charge < -0.3 is 0 Å². The van der Waals surface area contributed by atoms with Gasteiger partial charge in [0.25, 0.3) is 0 Å². The summed E-state index contributed by atoms with van der Waals surface area (Å²) in [6, 6.07) is 0. The predicted molar refractivity (Wildman–Crippen MR) is 20.0 cm³/mol. The van der Waals surface area contributed by atoms with E-state index in [1.165, 1.54) is 4.97 Å². The molecule has 0 unspecified atom stereocenters. The van der Waals surface area contributed by atoms with E-state index < -0.39 is 0 Å². The summed E-state index contributed by atoms with van der Waals surface area (Å²) in [6.45, 7) is 0. The van der Waals surface area contributed by atoms with Crippen LogP contribution in [0.25, 0.3) is 0 Å². The monoisotopic (exact) mass is 138 g/mol. The average Bonchev–Trinajstić information content (AvgIpc) is 1.41. The molecule has 0 aliphatic carbocycles. The summed E-state index contributed by atoms with van der Waals surface area (Å²) in [5, 5.41) is 7.52. The second-order valence-electron chi connectivity index (χ2n) is 0.223. The van der Waals surface area contributed by atoms with Crippen LogP contribution < -0.4 is 0 Å². The van der Waals surface area contributed by atoms with E-state index in [1.54, 1.807) is 0 Å². The second kappa shape index (κ2) is 9.03. The van der Waals surface area contributed by atoms with E-state index >= 15 is 0 Å². The zero-order valence-electron chi connectivity index (χ0n) is 2.16. The third kappa shape index (κ3) is 8.83. The zero-order chi connectivity index (χ0) is 4.12. The molecular weight excluding hydrogens is 136 g/mol. The summed E-state index contributed by atoms with van der Waals surface area (Å²) in [5.74, 6) is 0. The SMILES string of the molecule is N#[C][Fe][N]=O.[MgH2]. The first kappa shape index (κ1) is 9.62. The number of hydrogen-bond acceptors (Lipinski definition) is 3. The molecule has 32 valence electrons. The van der Waals surface area contributed by atoms with Crippen molar-refractivity contribution in [3.63, 3.8) is 0 Å². The van der Waals surface area contributed by atoms with Crippen LogP contribution in [-0.2, 0) is 15.2 Å². The molecule has 0 heterocycles. The van der Waals surface area contributed by atoms with Crippen LogP contribution in [-0.4, -0.2) is 23.1 Å². The largest absolute Gasteiger partial charge is 0.316 e. The molecule has 0 radical (unpaired) electrons. The third-order valence-corrected chi connectivity index (χ3v) is 0.279. The molecule has 0 spiro atoms. The van der Waals surface area contributed by atoms with Crippen molar-refractivity contribution in [3.05, 3.63) is 4.91 Å². The summed E-state index contributed by atoms with van der Waals surface area (Å²) >= 11 is -0.236. The molecule has 0 atom stereocenters. The maximum atomic E-state index is 8.93. The average molecular weight is 138 g/mol. The first-order valence-corrected chi connectivity index (χ1v) is 1.79. The van der Waals surface area contributed by atoms with Crippen molar-refractivity contribution in [2.75, 3.05) is 0 Å².